The predicted molar refractivity (Wildman–Crippen MR) is 135 cm³/mol. The zero-order valence-electron chi connectivity index (χ0n) is 19.1. The Morgan fingerprint density at radius 1 is 1.15 bits per heavy atom. The van der Waals surface area contributed by atoms with Gasteiger partial charge in [-0.3, -0.25) is 0 Å². The smallest absolute Gasteiger partial charge is 0.258 e. The van der Waals surface area contributed by atoms with Crippen LogP contribution in [-0.4, -0.2) is 33.8 Å². The lowest BCUT2D eigenvalue weighted by Gasteiger charge is -2.37. The van der Waals surface area contributed by atoms with Gasteiger partial charge in [0.15, 0.2) is 5.11 Å². The van der Waals surface area contributed by atoms with Gasteiger partial charge in [0.1, 0.15) is 5.75 Å². The van der Waals surface area contributed by atoms with Gasteiger partial charge < -0.3 is 19.5 Å². The van der Waals surface area contributed by atoms with Crippen LogP contribution in [0.5, 0.6) is 5.75 Å². The van der Waals surface area contributed by atoms with Gasteiger partial charge in [0, 0.05) is 22.8 Å². The van der Waals surface area contributed by atoms with Gasteiger partial charge in [0.2, 0.25) is 5.82 Å². The van der Waals surface area contributed by atoms with Gasteiger partial charge in [-0.05, 0) is 73.4 Å². The van der Waals surface area contributed by atoms with Crippen LogP contribution in [-0.2, 0) is 0 Å². The van der Waals surface area contributed by atoms with E-state index in [-0.39, 0.29) is 6.04 Å². The van der Waals surface area contributed by atoms with Crippen molar-refractivity contribution in [3.63, 3.8) is 0 Å². The van der Waals surface area contributed by atoms with Crippen molar-refractivity contribution in [1.29, 1.82) is 0 Å². The van der Waals surface area contributed by atoms with E-state index in [1.54, 1.807) is 7.11 Å². The number of nitrogens with zero attached hydrogens (tertiary/aromatic N) is 3. The van der Waals surface area contributed by atoms with Crippen LogP contribution < -0.4 is 10.1 Å². The van der Waals surface area contributed by atoms with Crippen molar-refractivity contribution in [2.45, 2.75) is 33.2 Å². The number of benzene rings is 2. The molecule has 2 aromatic carbocycles. The summed E-state index contributed by atoms with van der Waals surface area (Å²) in [5, 5.41) is 9.10. The van der Waals surface area contributed by atoms with Crippen molar-refractivity contribution in [2.24, 2.45) is 5.92 Å². The Morgan fingerprint density at radius 2 is 1.85 bits per heavy atom. The first-order chi connectivity index (χ1) is 15.9. The molecule has 3 aromatic rings. The number of thiocarbonyl (C=S) groups is 1. The molecule has 1 N–H and O–H groups in total. The lowest BCUT2D eigenvalue weighted by Crippen LogP contribution is -2.46. The molecule has 172 valence electrons. The van der Waals surface area contributed by atoms with Crippen LogP contribution in [0.3, 0.4) is 0 Å². The molecule has 1 aliphatic rings. The van der Waals surface area contributed by atoms with Gasteiger partial charge in [-0.25, -0.2) is 0 Å². The summed E-state index contributed by atoms with van der Waals surface area (Å²) in [7, 11) is 1.64. The molecule has 4 rings (SSSR count). The Bertz CT molecular complexity index is 1160. The fourth-order valence-electron chi connectivity index (χ4n) is 3.81. The molecule has 1 atom stereocenters. The van der Waals surface area contributed by atoms with Crippen molar-refractivity contribution in [2.75, 3.05) is 13.7 Å². The van der Waals surface area contributed by atoms with Crippen molar-refractivity contribution in [1.82, 2.24) is 20.4 Å². The lowest BCUT2D eigenvalue weighted by molar-refractivity contribution is 0.390. The van der Waals surface area contributed by atoms with Crippen molar-refractivity contribution >= 4 is 34.5 Å². The van der Waals surface area contributed by atoms with Gasteiger partial charge in [-0.15, -0.1) is 0 Å². The topological polar surface area (TPSA) is 63.4 Å². The lowest BCUT2D eigenvalue weighted by atomic mass is 9.94. The van der Waals surface area contributed by atoms with E-state index in [9.17, 15) is 0 Å². The number of hydrogen-bond donors (Lipinski definition) is 1. The molecule has 0 bridgehead atoms. The SMILES string of the molecule is COc1ccc(-c2noc(C3=C(C)N(CCC(C)C)C(=S)NC3c3ccc(Cl)cc3)n2)cc1. The number of aromatic nitrogens is 2. The minimum absolute atomic E-state index is 0.228. The van der Waals surface area contributed by atoms with E-state index in [1.807, 2.05) is 48.5 Å². The van der Waals surface area contributed by atoms with Crippen LogP contribution in [0.1, 0.15) is 44.7 Å². The zero-order chi connectivity index (χ0) is 23.5. The van der Waals surface area contributed by atoms with Gasteiger partial charge in [-0.2, -0.15) is 4.98 Å². The average molecular weight is 483 g/mol. The van der Waals surface area contributed by atoms with Crippen LogP contribution in [0.4, 0.5) is 0 Å². The summed E-state index contributed by atoms with van der Waals surface area (Å²) in [5.41, 5.74) is 3.78. The zero-order valence-corrected chi connectivity index (χ0v) is 20.7. The van der Waals surface area contributed by atoms with Crippen LogP contribution in [0.15, 0.2) is 58.8 Å². The highest BCUT2D eigenvalue weighted by atomic mass is 35.5. The predicted octanol–water partition coefficient (Wildman–Crippen LogP) is 6.11. The van der Waals surface area contributed by atoms with E-state index in [0.29, 0.717) is 27.8 Å². The van der Waals surface area contributed by atoms with E-state index < -0.39 is 0 Å². The second kappa shape index (κ2) is 9.93. The normalized spacial score (nSPS) is 16.4. The Morgan fingerprint density at radius 3 is 2.48 bits per heavy atom. The molecular weight excluding hydrogens is 456 g/mol. The third kappa shape index (κ3) is 5.04. The molecule has 0 spiro atoms. The maximum Gasteiger partial charge on any atom is 0.258 e. The summed E-state index contributed by atoms with van der Waals surface area (Å²) in [6.45, 7) is 7.28. The highest BCUT2D eigenvalue weighted by molar-refractivity contribution is 7.80. The summed E-state index contributed by atoms with van der Waals surface area (Å²) >= 11 is 11.9. The highest BCUT2D eigenvalue weighted by Crippen LogP contribution is 2.38. The molecule has 0 aliphatic carbocycles. The fraction of sp³-hybridized carbons (Fsp3) is 0.320. The Kier molecular flexibility index (Phi) is 7.00. The van der Waals surface area contributed by atoms with E-state index in [2.05, 4.69) is 36.1 Å². The summed E-state index contributed by atoms with van der Waals surface area (Å²) in [6, 6.07) is 15.1. The maximum absolute atomic E-state index is 6.13. The van der Waals surface area contributed by atoms with E-state index in [0.717, 1.165) is 41.1 Å². The number of halogens is 1. The summed E-state index contributed by atoms with van der Waals surface area (Å²) in [4.78, 5) is 6.87. The van der Waals surface area contributed by atoms with E-state index in [4.69, 9.17) is 38.1 Å². The van der Waals surface area contributed by atoms with Gasteiger partial charge in [-0.1, -0.05) is 42.7 Å². The summed E-state index contributed by atoms with van der Waals surface area (Å²) in [6.07, 6.45) is 1.01. The standard InChI is InChI=1S/C25H27ClN4O2S/c1-15(2)13-14-30-16(3)21(22(27-25(30)33)17-5-9-19(26)10-6-17)24-28-23(29-32-24)18-7-11-20(31-4)12-8-18/h5-12,15,22H,13-14H2,1-4H3,(H,27,33). The molecule has 1 aromatic heterocycles. The molecule has 2 heterocycles. The van der Waals surface area contributed by atoms with Crippen LogP contribution in [0.2, 0.25) is 5.02 Å². The first-order valence-electron chi connectivity index (χ1n) is 10.9. The number of nitrogens with one attached hydrogen (secondary N) is 1. The molecule has 0 amide bonds. The maximum atomic E-state index is 6.13. The number of hydrogen-bond acceptors (Lipinski definition) is 5. The second-order valence-electron chi connectivity index (χ2n) is 8.42. The van der Waals surface area contributed by atoms with E-state index >= 15 is 0 Å². The largest absolute Gasteiger partial charge is 0.497 e. The molecule has 33 heavy (non-hydrogen) atoms. The van der Waals surface area contributed by atoms with Crippen molar-refractivity contribution in [3.05, 3.63) is 70.7 Å². The van der Waals surface area contributed by atoms with Crippen LogP contribution in [0.25, 0.3) is 17.0 Å². The number of ether oxygens (including phenoxy) is 1. The minimum atomic E-state index is -0.228. The fourth-order valence-corrected chi connectivity index (χ4v) is 4.28. The Hall–Kier alpha value is -2.90. The van der Waals surface area contributed by atoms with Gasteiger partial charge >= 0.3 is 0 Å². The van der Waals surface area contributed by atoms with E-state index in [1.165, 1.54) is 0 Å². The molecule has 0 fully saturated rings. The average Bonchev–Trinajstić information content (AvgIpc) is 3.28. The molecule has 1 unspecified atom stereocenters. The summed E-state index contributed by atoms with van der Waals surface area (Å²) in [5.74, 6) is 2.31. The number of rotatable bonds is 7. The highest BCUT2D eigenvalue weighted by Gasteiger charge is 2.34. The first-order valence-corrected chi connectivity index (χ1v) is 11.7. The monoisotopic (exact) mass is 482 g/mol. The summed E-state index contributed by atoms with van der Waals surface area (Å²) < 4.78 is 11.0. The number of allylic oxidation sites excluding steroid dienone is 1. The quantitative estimate of drug-likeness (QED) is 0.408. The van der Waals surface area contributed by atoms with Crippen LogP contribution >= 0.6 is 23.8 Å². The molecule has 1 aliphatic heterocycles. The Balaban J connectivity index is 1.76. The molecule has 0 saturated carbocycles. The third-order valence-corrected chi connectivity index (χ3v) is 6.32. The molecule has 6 nitrogen and oxygen atoms in total. The van der Waals surface area contributed by atoms with Crippen molar-refractivity contribution in [3.8, 4) is 17.1 Å². The van der Waals surface area contributed by atoms with Gasteiger partial charge in [0.25, 0.3) is 5.89 Å². The Labute approximate surface area is 204 Å². The van der Waals surface area contributed by atoms with Gasteiger partial charge in [0.05, 0.1) is 18.7 Å². The second-order valence-corrected chi connectivity index (χ2v) is 9.24. The molecule has 0 radical (unpaired) electrons. The molecule has 8 heteroatoms. The molecule has 0 saturated heterocycles. The first kappa shape index (κ1) is 23.3. The molecular formula is C25H27ClN4O2S. The minimum Gasteiger partial charge on any atom is -0.497 e. The van der Waals surface area contributed by atoms with Crippen molar-refractivity contribution < 1.29 is 9.26 Å². The third-order valence-electron chi connectivity index (χ3n) is 5.73. The van der Waals surface area contributed by atoms with Crippen LogP contribution in [0, 0.1) is 5.92 Å². The number of methoxy groups -OCH3 is 1.